The monoisotopic (exact) mass is 340 g/mol. The number of amides is 1. The molecular weight excluding hydrogens is 324 g/mol. The fraction of sp³-hybridized carbons (Fsp3) is 0.294. The first-order valence-corrected chi connectivity index (χ1v) is 8.75. The average Bonchev–Trinajstić information content (AvgIpc) is 3.27. The standard InChI is InChI=1S/C17H16N4O2S/c22-15(10-20-11-19-13-6-9-24-16(13)17(20)23)21-8-3-5-14(21)12-4-1-2-7-18-12/h1-2,4,6-7,9,11,14H,3,5,8,10H2/t14-/m0/s1. The topological polar surface area (TPSA) is 68.1 Å². The first-order valence-electron chi connectivity index (χ1n) is 7.87. The van der Waals surface area contributed by atoms with Gasteiger partial charge >= 0.3 is 0 Å². The lowest BCUT2D eigenvalue weighted by Crippen LogP contribution is -2.36. The maximum atomic E-state index is 12.7. The Morgan fingerprint density at radius 1 is 1.29 bits per heavy atom. The number of hydrogen-bond acceptors (Lipinski definition) is 5. The van der Waals surface area contributed by atoms with Crippen molar-refractivity contribution in [1.82, 2.24) is 19.4 Å². The smallest absolute Gasteiger partial charge is 0.271 e. The van der Waals surface area contributed by atoms with Gasteiger partial charge in [-0.2, -0.15) is 0 Å². The van der Waals surface area contributed by atoms with Crippen LogP contribution in [0.5, 0.6) is 0 Å². The first kappa shape index (κ1) is 15.0. The highest BCUT2D eigenvalue weighted by molar-refractivity contribution is 7.17. The van der Waals surface area contributed by atoms with Crippen LogP contribution in [0.4, 0.5) is 0 Å². The number of rotatable bonds is 3. The van der Waals surface area contributed by atoms with E-state index in [-0.39, 0.29) is 24.1 Å². The molecule has 0 spiro atoms. The molecule has 4 rings (SSSR count). The van der Waals surface area contributed by atoms with Gasteiger partial charge in [0.2, 0.25) is 5.91 Å². The Morgan fingerprint density at radius 2 is 2.21 bits per heavy atom. The molecule has 0 N–H and O–H groups in total. The van der Waals surface area contributed by atoms with E-state index < -0.39 is 0 Å². The van der Waals surface area contributed by atoms with Crippen LogP contribution in [0.2, 0.25) is 0 Å². The molecule has 1 saturated heterocycles. The highest BCUT2D eigenvalue weighted by Gasteiger charge is 2.30. The molecule has 0 unspecified atom stereocenters. The van der Waals surface area contributed by atoms with Gasteiger partial charge in [-0.3, -0.25) is 19.1 Å². The van der Waals surface area contributed by atoms with Gasteiger partial charge in [0, 0.05) is 12.7 Å². The third-order valence-electron chi connectivity index (χ3n) is 4.34. The molecule has 24 heavy (non-hydrogen) atoms. The second kappa shape index (κ2) is 6.16. The fourth-order valence-electron chi connectivity index (χ4n) is 3.17. The van der Waals surface area contributed by atoms with Crippen molar-refractivity contribution >= 4 is 27.5 Å². The van der Waals surface area contributed by atoms with Crippen molar-refractivity contribution in [3.63, 3.8) is 0 Å². The summed E-state index contributed by atoms with van der Waals surface area (Å²) in [6, 6.07) is 7.55. The predicted molar refractivity (Wildman–Crippen MR) is 91.8 cm³/mol. The van der Waals surface area contributed by atoms with E-state index in [1.54, 1.807) is 6.20 Å². The van der Waals surface area contributed by atoms with Crippen molar-refractivity contribution in [2.24, 2.45) is 0 Å². The molecular formula is C17H16N4O2S. The SMILES string of the molecule is O=C(Cn1cnc2ccsc2c1=O)N1CCC[C@H]1c1ccccn1. The number of aromatic nitrogens is 3. The summed E-state index contributed by atoms with van der Waals surface area (Å²) in [4.78, 5) is 35.6. The maximum Gasteiger partial charge on any atom is 0.271 e. The highest BCUT2D eigenvalue weighted by atomic mass is 32.1. The van der Waals surface area contributed by atoms with E-state index in [9.17, 15) is 9.59 Å². The van der Waals surface area contributed by atoms with E-state index in [4.69, 9.17) is 0 Å². The number of carbonyl (C=O) groups excluding carboxylic acids is 1. The molecule has 0 radical (unpaired) electrons. The lowest BCUT2D eigenvalue weighted by atomic mass is 10.1. The zero-order valence-electron chi connectivity index (χ0n) is 13.0. The van der Waals surface area contributed by atoms with Crippen LogP contribution < -0.4 is 5.56 Å². The average molecular weight is 340 g/mol. The summed E-state index contributed by atoms with van der Waals surface area (Å²) < 4.78 is 1.99. The number of nitrogens with zero attached hydrogens (tertiary/aromatic N) is 4. The number of pyridine rings is 1. The van der Waals surface area contributed by atoms with Gasteiger partial charge in [0.05, 0.1) is 23.6 Å². The second-order valence-corrected chi connectivity index (χ2v) is 6.73. The van der Waals surface area contributed by atoms with Crippen molar-refractivity contribution in [2.75, 3.05) is 6.54 Å². The van der Waals surface area contributed by atoms with Crippen molar-refractivity contribution in [3.8, 4) is 0 Å². The largest absolute Gasteiger partial charge is 0.333 e. The summed E-state index contributed by atoms with van der Waals surface area (Å²) in [5.41, 5.74) is 1.43. The van der Waals surface area contributed by atoms with Crippen LogP contribution in [-0.4, -0.2) is 31.9 Å². The van der Waals surface area contributed by atoms with Gasteiger partial charge in [0.1, 0.15) is 11.2 Å². The summed E-state index contributed by atoms with van der Waals surface area (Å²) >= 11 is 1.35. The van der Waals surface area contributed by atoms with E-state index in [0.717, 1.165) is 18.5 Å². The molecule has 122 valence electrons. The van der Waals surface area contributed by atoms with Crippen molar-refractivity contribution < 1.29 is 4.79 Å². The van der Waals surface area contributed by atoms with Gasteiger partial charge in [-0.1, -0.05) is 6.07 Å². The van der Waals surface area contributed by atoms with Gasteiger partial charge < -0.3 is 4.90 Å². The molecule has 1 aliphatic rings. The fourth-order valence-corrected chi connectivity index (χ4v) is 3.97. The molecule has 1 amide bonds. The number of carbonyl (C=O) groups is 1. The van der Waals surface area contributed by atoms with Gasteiger partial charge in [-0.25, -0.2) is 4.98 Å². The van der Waals surface area contributed by atoms with Crippen LogP contribution in [0.15, 0.2) is 47.0 Å². The highest BCUT2D eigenvalue weighted by Crippen LogP contribution is 2.30. The van der Waals surface area contributed by atoms with Crippen LogP contribution in [-0.2, 0) is 11.3 Å². The van der Waals surface area contributed by atoms with Gasteiger partial charge in [0.25, 0.3) is 5.56 Å². The molecule has 3 aromatic heterocycles. The number of thiophene rings is 1. The summed E-state index contributed by atoms with van der Waals surface area (Å²) in [7, 11) is 0. The third-order valence-corrected chi connectivity index (χ3v) is 5.24. The van der Waals surface area contributed by atoms with Gasteiger partial charge in [-0.15, -0.1) is 11.3 Å². The Balaban J connectivity index is 1.59. The van der Waals surface area contributed by atoms with E-state index in [1.165, 1.54) is 22.2 Å². The predicted octanol–water partition coefficient (Wildman–Crippen LogP) is 2.22. The zero-order valence-corrected chi connectivity index (χ0v) is 13.8. The minimum Gasteiger partial charge on any atom is -0.333 e. The van der Waals surface area contributed by atoms with E-state index in [2.05, 4.69) is 9.97 Å². The van der Waals surface area contributed by atoms with E-state index >= 15 is 0 Å². The quantitative estimate of drug-likeness (QED) is 0.733. The molecule has 1 atom stereocenters. The molecule has 3 aromatic rings. The Hall–Kier alpha value is -2.54. The summed E-state index contributed by atoms with van der Waals surface area (Å²) in [5, 5.41) is 1.84. The number of fused-ring (bicyclic) bond motifs is 1. The molecule has 0 aromatic carbocycles. The lowest BCUT2D eigenvalue weighted by Gasteiger charge is -2.24. The van der Waals surface area contributed by atoms with Crippen LogP contribution in [0.25, 0.3) is 10.2 Å². The molecule has 6 nitrogen and oxygen atoms in total. The van der Waals surface area contributed by atoms with Gasteiger partial charge in [-0.05, 0) is 36.4 Å². The third kappa shape index (κ3) is 2.60. The Kier molecular flexibility index (Phi) is 3.86. The maximum absolute atomic E-state index is 12.7. The first-order chi connectivity index (χ1) is 11.7. The minimum atomic E-state index is -0.156. The van der Waals surface area contributed by atoms with Crippen LogP contribution in [0, 0.1) is 0 Å². The number of hydrogen-bond donors (Lipinski definition) is 0. The minimum absolute atomic E-state index is 0.00664. The molecule has 1 aliphatic heterocycles. The Morgan fingerprint density at radius 3 is 3.04 bits per heavy atom. The Bertz CT molecular complexity index is 934. The second-order valence-electron chi connectivity index (χ2n) is 5.81. The summed E-state index contributed by atoms with van der Waals surface area (Å²) in [6.45, 7) is 0.715. The molecule has 4 heterocycles. The molecule has 0 aliphatic carbocycles. The van der Waals surface area contributed by atoms with Crippen molar-refractivity contribution in [3.05, 3.63) is 58.2 Å². The lowest BCUT2D eigenvalue weighted by molar-refractivity contribution is -0.132. The summed E-state index contributed by atoms with van der Waals surface area (Å²) in [6.07, 6.45) is 5.06. The molecule has 0 bridgehead atoms. The Labute approximate surface area is 142 Å². The van der Waals surface area contributed by atoms with Crippen LogP contribution in [0.3, 0.4) is 0 Å². The molecule has 0 saturated carbocycles. The van der Waals surface area contributed by atoms with Crippen molar-refractivity contribution in [1.29, 1.82) is 0 Å². The number of likely N-dealkylation sites (tertiary alicyclic amines) is 1. The van der Waals surface area contributed by atoms with Crippen LogP contribution in [0.1, 0.15) is 24.6 Å². The summed E-state index contributed by atoms with van der Waals surface area (Å²) in [5.74, 6) is -0.0667. The van der Waals surface area contributed by atoms with Gasteiger partial charge in [0.15, 0.2) is 0 Å². The normalized spacial score (nSPS) is 17.5. The molecule has 7 heteroatoms. The van der Waals surface area contributed by atoms with E-state index in [0.29, 0.717) is 16.8 Å². The van der Waals surface area contributed by atoms with Crippen molar-refractivity contribution in [2.45, 2.75) is 25.4 Å². The van der Waals surface area contributed by atoms with E-state index in [1.807, 2.05) is 34.5 Å². The molecule has 1 fully saturated rings. The van der Waals surface area contributed by atoms with Crippen LogP contribution >= 0.6 is 11.3 Å². The zero-order chi connectivity index (χ0) is 16.5.